The van der Waals surface area contributed by atoms with Crippen LogP contribution in [-0.4, -0.2) is 17.9 Å². The minimum atomic E-state index is -0.863. The first-order valence-electron chi connectivity index (χ1n) is 5.69. The van der Waals surface area contributed by atoms with Gasteiger partial charge in [-0.3, -0.25) is 9.59 Å². The van der Waals surface area contributed by atoms with Crippen molar-refractivity contribution in [2.45, 2.75) is 19.4 Å². The summed E-state index contributed by atoms with van der Waals surface area (Å²) in [6.45, 7) is 1.66. The number of primary amides is 1. The van der Waals surface area contributed by atoms with E-state index in [-0.39, 0.29) is 12.3 Å². The number of benzene rings is 1. The quantitative estimate of drug-likeness (QED) is 0.854. The van der Waals surface area contributed by atoms with Crippen molar-refractivity contribution < 1.29 is 9.59 Å². The van der Waals surface area contributed by atoms with Gasteiger partial charge in [-0.25, -0.2) is 0 Å². The lowest BCUT2D eigenvalue weighted by Crippen LogP contribution is -2.45. The Kier molecular flexibility index (Phi) is 5.34. The number of nitrogens with one attached hydrogen (secondary N) is 1. The molecule has 0 spiro atoms. The molecule has 6 heteroatoms. The Morgan fingerprint density at radius 2 is 2.00 bits per heavy atom. The molecule has 0 aliphatic rings. The van der Waals surface area contributed by atoms with Gasteiger partial charge in [-0.05, 0) is 37.6 Å². The highest BCUT2D eigenvalue weighted by atomic mass is 35.5. The zero-order valence-electron chi connectivity index (χ0n) is 10.4. The number of hydrogen-bond acceptors (Lipinski definition) is 3. The number of carbonyl (C=O) groups is 2. The average Bonchev–Trinajstić information content (AvgIpc) is 2.38. The van der Waals surface area contributed by atoms with Crippen LogP contribution >= 0.6 is 11.6 Å². The molecule has 0 saturated carbocycles. The Morgan fingerprint density at radius 3 is 2.47 bits per heavy atom. The van der Waals surface area contributed by atoms with E-state index in [1.807, 2.05) is 6.07 Å². The largest absolute Gasteiger partial charge is 0.368 e. The number of nitrogens with two attached hydrogens (primary N) is 1. The number of hydrogen-bond donors (Lipinski definition) is 2. The van der Waals surface area contributed by atoms with Gasteiger partial charge in [0.25, 0.3) is 5.91 Å². The molecule has 1 aromatic carbocycles. The van der Waals surface area contributed by atoms with Gasteiger partial charge in [0.1, 0.15) is 6.04 Å². The number of halogens is 1. The third-order valence-corrected chi connectivity index (χ3v) is 2.82. The maximum Gasteiger partial charge on any atom is 0.251 e. The summed E-state index contributed by atoms with van der Waals surface area (Å²) in [5, 5.41) is 11.7. The Hall–Kier alpha value is -2.06. The number of nitrogens with zero attached hydrogens (tertiary/aromatic N) is 1. The Labute approximate surface area is 116 Å². The fraction of sp³-hybridized carbons (Fsp3) is 0.308. The molecule has 19 heavy (non-hydrogen) atoms. The van der Waals surface area contributed by atoms with Crippen LogP contribution in [0, 0.1) is 17.2 Å². The van der Waals surface area contributed by atoms with E-state index in [1.54, 1.807) is 31.2 Å². The molecule has 0 radical (unpaired) electrons. The van der Waals surface area contributed by atoms with E-state index in [4.69, 9.17) is 22.6 Å². The molecule has 1 rings (SSSR count). The molecule has 2 atom stereocenters. The molecule has 2 amide bonds. The van der Waals surface area contributed by atoms with Crippen LogP contribution in [-0.2, 0) is 4.79 Å². The van der Waals surface area contributed by atoms with Crippen molar-refractivity contribution in [1.29, 1.82) is 5.26 Å². The fourth-order valence-electron chi connectivity index (χ4n) is 1.50. The summed E-state index contributed by atoms with van der Waals surface area (Å²) >= 11 is 5.72. The van der Waals surface area contributed by atoms with E-state index in [0.29, 0.717) is 10.6 Å². The summed E-state index contributed by atoms with van der Waals surface area (Å²) in [6, 6.07) is 7.38. The maximum absolute atomic E-state index is 11.9. The lowest BCUT2D eigenvalue weighted by Gasteiger charge is -2.16. The zero-order chi connectivity index (χ0) is 14.4. The molecule has 0 fully saturated rings. The summed E-state index contributed by atoms with van der Waals surface area (Å²) in [5.74, 6) is -1.46. The standard InChI is InChI=1S/C13H14ClN3O2/c1-8(7-15)6-11(12(16)18)17-13(19)9-2-4-10(14)5-3-9/h2-5,8,11H,6H2,1H3,(H2,16,18)(H,17,19)/t8-,11+/m1/s1. The maximum atomic E-state index is 11.9. The van der Waals surface area contributed by atoms with Gasteiger partial charge in [-0.15, -0.1) is 0 Å². The van der Waals surface area contributed by atoms with E-state index in [0.717, 1.165) is 0 Å². The Balaban J connectivity index is 2.74. The normalized spacial score (nSPS) is 13.1. The van der Waals surface area contributed by atoms with Crippen molar-refractivity contribution in [3.63, 3.8) is 0 Å². The van der Waals surface area contributed by atoms with Gasteiger partial charge in [0.2, 0.25) is 5.91 Å². The van der Waals surface area contributed by atoms with Crippen molar-refractivity contribution in [1.82, 2.24) is 5.32 Å². The van der Waals surface area contributed by atoms with E-state index in [9.17, 15) is 9.59 Å². The molecule has 0 aliphatic heterocycles. The summed E-state index contributed by atoms with van der Waals surface area (Å²) in [6.07, 6.45) is 0.186. The second-order valence-corrected chi connectivity index (χ2v) is 4.64. The van der Waals surface area contributed by atoms with Gasteiger partial charge in [0, 0.05) is 16.5 Å². The van der Waals surface area contributed by atoms with Crippen LogP contribution in [0.5, 0.6) is 0 Å². The number of amides is 2. The van der Waals surface area contributed by atoms with Crippen molar-refractivity contribution in [2.75, 3.05) is 0 Å². The molecule has 0 heterocycles. The Bertz CT molecular complexity index is 508. The Morgan fingerprint density at radius 1 is 1.42 bits per heavy atom. The van der Waals surface area contributed by atoms with Gasteiger partial charge in [-0.2, -0.15) is 5.26 Å². The molecule has 1 aromatic rings. The third-order valence-electron chi connectivity index (χ3n) is 2.56. The number of nitriles is 1. The summed E-state index contributed by atoms with van der Waals surface area (Å²) in [7, 11) is 0. The molecule has 3 N–H and O–H groups in total. The SMILES string of the molecule is C[C@@H](C#N)C[C@H](NC(=O)c1ccc(Cl)cc1)C(N)=O. The van der Waals surface area contributed by atoms with Gasteiger partial charge >= 0.3 is 0 Å². The van der Waals surface area contributed by atoms with Gasteiger partial charge < -0.3 is 11.1 Å². The second-order valence-electron chi connectivity index (χ2n) is 4.20. The fourth-order valence-corrected chi connectivity index (χ4v) is 1.62. The monoisotopic (exact) mass is 279 g/mol. The van der Waals surface area contributed by atoms with Gasteiger partial charge in [0.05, 0.1) is 6.07 Å². The minimum absolute atomic E-state index is 0.186. The zero-order valence-corrected chi connectivity index (χ0v) is 11.1. The summed E-state index contributed by atoms with van der Waals surface area (Å²) in [4.78, 5) is 23.1. The van der Waals surface area contributed by atoms with Crippen LogP contribution in [0.2, 0.25) is 5.02 Å². The van der Waals surface area contributed by atoms with E-state index < -0.39 is 17.9 Å². The predicted molar refractivity (Wildman–Crippen MR) is 71.3 cm³/mol. The van der Waals surface area contributed by atoms with E-state index in [2.05, 4.69) is 5.32 Å². The first-order valence-corrected chi connectivity index (χ1v) is 6.07. The highest BCUT2D eigenvalue weighted by Crippen LogP contribution is 2.10. The highest BCUT2D eigenvalue weighted by molar-refractivity contribution is 6.30. The molecule has 100 valence electrons. The van der Waals surface area contributed by atoms with Crippen molar-refractivity contribution >= 4 is 23.4 Å². The summed E-state index contributed by atoms with van der Waals surface area (Å²) < 4.78 is 0. The lowest BCUT2D eigenvalue weighted by molar-refractivity contribution is -0.120. The van der Waals surface area contributed by atoms with Crippen LogP contribution in [0.4, 0.5) is 0 Å². The number of carbonyl (C=O) groups excluding carboxylic acids is 2. The minimum Gasteiger partial charge on any atom is -0.368 e. The summed E-state index contributed by atoms with van der Waals surface area (Å²) in [5.41, 5.74) is 5.58. The molecule has 0 bridgehead atoms. The van der Waals surface area contributed by atoms with Gasteiger partial charge in [-0.1, -0.05) is 11.6 Å². The van der Waals surface area contributed by atoms with E-state index >= 15 is 0 Å². The van der Waals surface area contributed by atoms with Crippen LogP contribution < -0.4 is 11.1 Å². The van der Waals surface area contributed by atoms with Crippen LogP contribution in [0.15, 0.2) is 24.3 Å². The van der Waals surface area contributed by atoms with Crippen molar-refractivity contribution in [3.05, 3.63) is 34.9 Å². The van der Waals surface area contributed by atoms with Gasteiger partial charge in [0.15, 0.2) is 0 Å². The predicted octanol–water partition coefficient (Wildman–Crippen LogP) is 1.47. The van der Waals surface area contributed by atoms with Crippen molar-refractivity contribution in [3.8, 4) is 6.07 Å². The molecule has 5 nitrogen and oxygen atoms in total. The van der Waals surface area contributed by atoms with Crippen LogP contribution in [0.1, 0.15) is 23.7 Å². The molecular formula is C13H14ClN3O2. The first-order chi connectivity index (χ1) is 8.93. The molecular weight excluding hydrogens is 266 g/mol. The molecule has 0 saturated heterocycles. The highest BCUT2D eigenvalue weighted by Gasteiger charge is 2.21. The molecule has 0 aliphatic carbocycles. The number of rotatable bonds is 5. The topological polar surface area (TPSA) is 96.0 Å². The average molecular weight is 280 g/mol. The van der Waals surface area contributed by atoms with Crippen LogP contribution in [0.25, 0.3) is 0 Å². The lowest BCUT2D eigenvalue weighted by atomic mass is 10.0. The van der Waals surface area contributed by atoms with Crippen molar-refractivity contribution in [2.24, 2.45) is 11.7 Å². The second kappa shape index (κ2) is 6.76. The van der Waals surface area contributed by atoms with E-state index in [1.165, 1.54) is 0 Å². The smallest absolute Gasteiger partial charge is 0.251 e. The third kappa shape index (κ3) is 4.60. The molecule has 0 unspecified atom stereocenters. The van der Waals surface area contributed by atoms with Crippen LogP contribution in [0.3, 0.4) is 0 Å². The first kappa shape index (κ1) is 15.0. The molecule has 0 aromatic heterocycles.